The zero-order valence-corrected chi connectivity index (χ0v) is 19.9. The van der Waals surface area contributed by atoms with Gasteiger partial charge in [0.15, 0.2) is 0 Å². The molecule has 2 heterocycles. The maximum absolute atomic E-state index is 14.4. The average molecular weight is 493 g/mol. The summed E-state index contributed by atoms with van der Waals surface area (Å²) >= 11 is 5.92. The largest absolute Gasteiger partial charge is 0.447 e. The molecule has 0 radical (unpaired) electrons. The summed E-state index contributed by atoms with van der Waals surface area (Å²) in [6.45, 7) is 1.86. The summed E-state index contributed by atoms with van der Waals surface area (Å²) in [6, 6.07) is 24.1. The first kappa shape index (κ1) is 23.5. The molecule has 3 aromatic carbocycles. The number of ether oxygens (including phenoxy) is 1. The van der Waals surface area contributed by atoms with E-state index >= 15 is 0 Å². The van der Waals surface area contributed by atoms with E-state index in [1.54, 1.807) is 6.07 Å². The molecule has 5 rings (SSSR count). The molecule has 2 saturated heterocycles. The molecule has 2 aliphatic rings. The maximum atomic E-state index is 14.4. The molecule has 3 atom stereocenters. The lowest BCUT2D eigenvalue weighted by Gasteiger charge is -2.26. The summed E-state index contributed by atoms with van der Waals surface area (Å²) in [5.41, 5.74) is 2.86. The predicted molar refractivity (Wildman–Crippen MR) is 131 cm³/mol. The summed E-state index contributed by atoms with van der Waals surface area (Å²) < 4.78 is 19.7. The number of likely N-dealkylation sites (tertiary alicyclic amines) is 1. The quantitative estimate of drug-likeness (QED) is 0.469. The van der Waals surface area contributed by atoms with Crippen molar-refractivity contribution in [1.29, 1.82) is 0 Å². The van der Waals surface area contributed by atoms with Crippen molar-refractivity contribution in [3.8, 4) is 0 Å². The summed E-state index contributed by atoms with van der Waals surface area (Å²) in [4.78, 5) is 30.0. The number of hydrogen-bond donors (Lipinski definition) is 0. The van der Waals surface area contributed by atoms with Gasteiger partial charge in [0.25, 0.3) is 0 Å². The molecular formula is C28H26ClFN2O3. The van der Waals surface area contributed by atoms with Gasteiger partial charge in [-0.1, -0.05) is 78.3 Å². The van der Waals surface area contributed by atoms with Crippen LogP contribution >= 0.6 is 11.6 Å². The van der Waals surface area contributed by atoms with Gasteiger partial charge in [-0.3, -0.25) is 9.69 Å². The minimum Gasteiger partial charge on any atom is -0.447 e. The lowest BCUT2D eigenvalue weighted by molar-refractivity contribution is -0.133. The van der Waals surface area contributed by atoms with E-state index in [1.165, 1.54) is 17.0 Å². The third-order valence-electron chi connectivity index (χ3n) is 6.85. The zero-order valence-electron chi connectivity index (χ0n) is 19.1. The first-order chi connectivity index (χ1) is 17.0. The van der Waals surface area contributed by atoms with E-state index in [2.05, 4.69) is 4.90 Å². The highest BCUT2D eigenvalue weighted by molar-refractivity contribution is 6.30. The molecular weight excluding hydrogens is 467 g/mol. The molecule has 5 nitrogen and oxygen atoms in total. The van der Waals surface area contributed by atoms with Crippen molar-refractivity contribution in [3.05, 3.63) is 106 Å². The highest BCUT2D eigenvalue weighted by Gasteiger charge is 2.46. The number of imide groups is 1. The van der Waals surface area contributed by atoms with Crippen LogP contribution in [0.3, 0.4) is 0 Å². The van der Waals surface area contributed by atoms with Gasteiger partial charge in [0, 0.05) is 25.6 Å². The second-order valence-electron chi connectivity index (χ2n) is 9.19. The Kier molecular flexibility index (Phi) is 6.84. The fraction of sp³-hybridized carbons (Fsp3) is 0.286. The van der Waals surface area contributed by atoms with Crippen LogP contribution in [0.15, 0.2) is 78.9 Å². The fourth-order valence-corrected chi connectivity index (χ4v) is 5.25. The van der Waals surface area contributed by atoms with Gasteiger partial charge in [0.05, 0.1) is 17.0 Å². The van der Waals surface area contributed by atoms with E-state index in [9.17, 15) is 14.0 Å². The second kappa shape index (κ2) is 10.2. The molecule has 0 unspecified atom stereocenters. The number of carbonyl (C=O) groups is 2. The Balaban J connectivity index is 1.42. The summed E-state index contributed by atoms with van der Waals surface area (Å²) in [7, 11) is 0. The van der Waals surface area contributed by atoms with Crippen LogP contribution in [-0.2, 0) is 22.5 Å². The lowest BCUT2D eigenvalue weighted by Crippen LogP contribution is -2.45. The molecule has 2 amide bonds. The summed E-state index contributed by atoms with van der Waals surface area (Å²) in [6.07, 6.45) is -0.0857. The first-order valence-corrected chi connectivity index (χ1v) is 12.1. The molecule has 3 aromatic rings. The van der Waals surface area contributed by atoms with Gasteiger partial charge in [-0.15, -0.1) is 0 Å². The van der Waals surface area contributed by atoms with Crippen LogP contribution in [0.2, 0.25) is 5.02 Å². The van der Waals surface area contributed by atoms with E-state index in [1.807, 2.05) is 60.7 Å². The highest BCUT2D eigenvalue weighted by atomic mass is 35.5. The molecule has 2 aliphatic heterocycles. The van der Waals surface area contributed by atoms with Crippen LogP contribution in [0.1, 0.15) is 22.6 Å². The topological polar surface area (TPSA) is 49.9 Å². The Bertz CT molecular complexity index is 1210. The lowest BCUT2D eigenvalue weighted by atomic mass is 9.87. The van der Waals surface area contributed by atoms with Crippen molar-refractivity contribution in [1.82, 2.24) is 9.80 Å². The third kappa shape index (κ3) is 5.09. The smallest absolute Gasteiger partial charge is 0.416 e. The van der Waals surface area contributed by atoms with Gasteiger partial charge < -0.3 is 4.74 Å². The Hall–Kier alpha value is -3.22. The van der Waals surface area contributed by atoms with Crippen molar-refractivity contribution in [2.75, 3.05) is 19.7 Å². The van der Waals surface area contributed by atoms with Gasteiger partial charge in [0.2, 0.25) is 5.91 Å². The third-order valence-corrected chi connectivity index (χ3v) is 7.15. The Morgan fingerprint density at radius 2 is 1.66 bits per heavy atom. The number of benzene rings is 3. The van der Waals surface area contributed by atoms with Gasteiger partial charge in [-0.25, -0.2) is 14.1 Å². The highest BCUT2D eigenvalue weighted by Crippen LogP contribution is 2.37. The average Bonchev–Trinajstić information content (AvgIpc) is 3.45. The first-order valence-electron chi connectivity index (χ1n) is 11.7. The summed E-state index contributed by atoms with van der Waals surface area (Å²) in [5.74, 6) is -1.57. The fourth-order valence-electron chi connectivity index (χ4n) is 5.13. The Labute approximate surface area is 209 Å². The molecule has 0 aromatic heterocycles. The standard InChI is InChI=1S/C28H26ClFN2O3/c29-25-12-11-21(14-26(25)30)23-16-31(15-20-9-5-2-6-10-20)17-24(23)27(33)32-22(18-35-28(32)34)13-19-7-3-1-4-8-19/h1-12,14,22-24H,13,15-18H2/t22-,23+,24-/m1/s1. The van der Waals surface area contributed by atoms with Gasteiger partial charge in [-0.05, 0) is 35.2 Å². The van der Waals surface area contributed by atoms with Crippen molar-refractivity contribution >= 4 is 23.6 Å². The maximum Gasteiger partial charge on any atom is 0.416 e. The molecule has 0 spiro atoms. The van der Waals surface area contributed by atoms with E-state index in [4.69, 9.17) is 16.3 Å². The van der Waals surface area contributed by atoms with Crippen molar-refractivity contribution in [3.63, 3.8) is 0 Å². The van der Waals surface area contributed by atoms with Crippen molar-refractivity contribution < 1.29 is 18.7 Å². The van der Waals surface area contributed by atoms with Crippen molar-refractivity contribution in [2.24, 2.45) is 5.92 Å². The number of carbonyl (C=O) groups excluding carboxylic acids is 2. The molecule has 7 heteroatoms. The van der Waals surface area contributed by atoms with Crippen LogP contribution in [0.5, 0.6) is 0 Å². The SMILES string of the molecule is O=C1OC[C@@H](Cc2ccccc2)N1C(=O)[C@@H]1CN(Cc2ccccc2)C[C@H]1c1ccc(Cl)c(F)c1. The number of hydrogen-bond acceptors (Lipinski definition) is 4. The monoisotopic (exact) mass is 492 g/mol. The number of rotatable bonds is 6. The molecule has 35 heavy (non-hydrogen) atoms. The van der Waals surface area contributed by atoms with E-state index in [0.717, 1.165) is 11.1 Å². The predicted octanol–water partition coefficient (Wildman–Crippen LogP) is 5.28. The zero-order chi connectivity index (χ0) is 24.4. The normalized spacial score (nSPS) is 22.4. The number of nitrogens with zero attached hydrogens (tertiary/aromatic N) is 2. The second-order valence-corrected chi connectivity index (χ2v) is 9.60. The number of cyclic esters (lactones) is 1. The Morgan fingerprint density at radius 1 is 0.971 bits per heavy atom. The molecule has 2 fully saturated rings. The molecule has 0 saturated carbocycles. The molecule has 0 N–H and O–H groups in total. The van der Waals surface area contributed by atoms with Crippen molar-refractivity contribution in [2.45, 2.75) is 24.9 Å². The minimum atomic E-state index is -0.613. The van der Waals surface area contributed by atoms with Gasteiger partial charge >= 0.3 is 6.09 Å². The summed E-state index contributed by atoms with van der Waals surface area (Å²) in [5, 5.41) is 0.0433. The molecule has 180 valence electrons. The van der Waals surface area contributed by atoms with E-state index in [0.29, 0.717) is 31.6 Å². The van der Waals surface area contributed by atoms with Crippen LogP contribution in [-0.4, -0.2) is 47.5 Å². The minimum absolute atomic E-state index is 0.0433. The number of amides is 2. The molecule has 0 bridgehead atoms. The van der Waals surface area contributed by atoms with Crippen LogP contribution in [0.4, 0.5) is 9.18 Å². The Morgan fingerprint density at radius 3 is 2.34 bits per heavy atom. The van der Waals surface area contributed by atoms with Gasteiger partial charge in [0.1, 0.15) is 12.4 Å². The number of halogens is 2. The molecule has 0 aliphatic carbocycles. The van der Waals surface area contributed by atoms with Gasteiger partial charge in [-0.2, -0.15) is 0 Å². The van der Waals surface area contributed by atoms with Crippen LogP contribution in [0.25, 0.3) is 0 Å². The van der Waals surface area contributed by atoms with E-state index < -0.39 is 17.8 Å². The van der Waals surface area contributed by atoms with Crippen LogP contribution in [0, 0.1) is 11.7 Å². The van der Waals surface area contributed by atoms with E-state index in [-0.39, 0.29) is 29.5 Å². The van der Waals surface area contributed by atoms with Crippen LogP contribution < -0.4 is 0 Å².